The van der Waals surface area contributed by atoms with Gasteiger partial charge in [0.15, 0.2) is 0 Å². The molecular formula is C16H20N2. The van der Waals surface area contributed by atoms with E-state index < -0.39 is 0 Å². The molecule has 0 saturated heterocycles. The van der Waals surface area contributed by atoms with Crippen molar-refractivity contribution in [2.75, 3.05) is 0 Å². The smallest absolute Gasteiger partial charge is 0.0994 e. The van der Waals surface area contributed by atoms with E-state index in [4.69, 9.17) is 0 Å². The molecule has 1 aromatic rings. The topological polar surface area (TPSA) is 47.6 Å². The summed E-state index contributed by atoms with van der Waals surface area (Å²) in [6, 6.07) is 8.36. The minimum absolute atomic E-state index is 0.744. The van der Waals surface area contributed by atoms with Crippen molar-refractivity contribution in [1.29, 1.82) is 10.5 Å². The summed E-state index contributed by atoms with van der Waals surface area (Å²) in [4.78, 5) is 0. The number of nitriles is 2. The summed E-state index contributed by atoms with van der Waals surface area (Å²) >= 11 is 0. The van der Waals surface area contributed by atoms with Crippen LogP contribution in [-0.2, 0) is 12.8 Å². The van der Waals surface area contributed by atoms with Gasteiger partial charge in [0.05, 0.1) is 23.3 Å². The van der Waals surface area contributed by atoms with Crippen LogP contribution in [0.2, 0.25) is 0 Å². The van der Waals surface area contributed by atoms with Crippen molar-refractivity contribution < 1.29 is 0 Å². The van der Waals surface area contributed by atoms with Crippen LogP contribution < -0.4 is 0 Å². The zero-order valence-electron chi connectivity index (χ0n) is 11.3. The molecule has 0 aliphatic heterocycles. The van der Waals surface area contributed by atoms with Crippen LogP contribution in [0.5, 0.6) is 0 Å². The average molecular weight is 240 g/mol. The Morgan fingerprint density at radius 2 is 1.22 bits per heavy atom. The quantitative estimate of drug-likeness (QED) is 0.751. The zero-order chi connectivity index (χ0) is 13.4. The van der Waals surface area contributed by atoms with Crippen molar-refractivity contribution in [1.82, 2.24) is 0 Å². The van der Waals surface area contributed by atoms with Gasteiger partial charge in [0, 0.05) is 0 Å². The molecule has 18 heavy (non-hydrogen) atoms. The first-order valence-electron chi connectivity index (χ1n) is 6.72. The predicted octanol–water partition coefficient (Wildman–Crippen LogP) is 4.12. The van der Waals surface area contributed by atoms with Gasteiger partial charge in [-0.3, -0.25) is 0 Å². The first kappa shape index (κ1) is 14.3. The zero-order valence-corrected chi connectivity index (χ0v) is 11.3. The minimum Gasteiger partial charge on any atom is -0.192 e. The number of benzene rings is 1. The molecule has 0 aliphatic rings. The highest BCUT2D eigenvalue weighted by molar-refractivity contribution is 5.49. The Balaban J connectivity index is 3.08. The molecule has 0 radical (unpaired) electrons. The Bertz CT molecular complexity index is 429. The lowest BCUT2D eigenvalue weighted by atomic mass is 9.94. The van der Waals surface area contributed by atoms with E-state index in [1.807, 2.05) is 12.1 Å². The van der Waals surface area contributed by atoms with E-state index >= 15 is 0 Å². The highest BCUT2D eigenvalue weighted by Gasteiger charge is 2.09. The second-order valence-electron chi connectivity index (χ2n) is 4.60. The van der Waals surface area contributed by atoms with Crippen molar-refractivity contribution in [3.05, 3.63) is 34.4 Å². The van der Waals surface area contributed by atoms with Crippen molar-refractivity contribution in [2.45, 2.75) is 52.4 Å². The molecule has 0 aromatic heterocycles. The van der Waals surface area contributed by atoms with Crippen LogP contribution in [-0.4, -0.2) is 0 Å². The third-order valence-corrected chi connectivity index (χ3v) is 3.17. The average Bonchev–Trinajstić information content (AvgIpc) is 2.42. The maximum absolute atomic E-state index is 9.20. The molecule has 0 atom stereocenters. The molecule has 0 fully saturated rings. The van der Waals surface area contributed by atoms with E-state index in [1.165, 1.54) is 0 Å². The first-order valence-corrected chi connectivity index (χ1v) is 6.72. The minimum atomic E-state index is 0.744. The third-order valence-electron chi connectivity index (χ3n) is 3.17. The third kappa shape index (κ3) is 3.60. The molecule has 0 N–H and O–H groups in total. The lowest BCUT2D eigenvalue weighted by Crippen LogP contribution is -1.98. The van der Waals surface area contributed by atoms with Crippen LogP contribution in [0.15, 0.2) is 12.1 Å². The van der Waals surface area contributed by atoms with Gasteiger partial charge in [-0.2, -0.15) is 10.5 Å². The van der Waals surface area contributed by atoms with Gasteiger partial charge < -0.3 is 0 Å². The number of rotatable bonds is 6. The molecule has 94 valence electrons. The van der Waals surface area contributed by atoms with E-state index in [0.717, 1.165) is 60.8 Å². The fourth-order valence-corrected chi connectivity index (χ4v) is 2.05. The van der Waals surface area contributed by atoms with E-state index in [-0.39, 0.29) is 0 Å². The molecule has 2 heteroatoms. The summed E-state index contributed by atoms with van der Waals surface area (Å²) in [7, 11) is 0. The molecule has 0 heterocycles. The number of hydrogen-bond acceptors (Lipinski definition) is 2. The van der Waals surface area contributed by atoms with Crippen molar-refractivity contribution in [3.63, 3.8) is 0 Å². The van der Waals surface area contributed by atoms with Crippen LogP contribution in [0.3, 0.4) is 0 Å². The summed E-state index contributed by atoms with van der Waals surface area (Å²) < 4.78 is 0. The van der Waals surface area contributed by atoms with E-state index in [1.54, 1.807) is 0 Å². The highest BCUT2D eigenvalue weighted by atomic mass is 14.3. The maximum atomic E-state index is 9.20. The van der Waals surface area contributed by atoms with Crippen LogP contribution in [0, 0.1) is 22.7 Å². The van der Waals surface area contributed by atoms with Gasteiger partial charge in [-0.05, 0) is 48.9 Å². The maximum Gasteiger partial charge on any atom is 0.0994 e. The van der Waals surface area contributed by atoms with E-state index in [0.29, 0.717) is 0 Å². The van der Waals surface area contributed by atoms with Gasteiger partial charge in [0.2, 0.25) is 0 Å². The SMILES string of the molecule is CCCCc1cc(C#N)c(CCCC)cc1C#N. The number of hydrogen-bond donors (Lipinski definition) is 0. The van der Waals surface area contributed by atoms with Gasteiger partial charge in [-0.25, -0.2) is 0 Å². The second-order valence-corrected chi connectivity index (χ2v) is 4.60. The molecule has 0 spiro atoms. The Morgan fingerprint density at radius 1 is 0.833 bits per heavy atom. The van der Waals surface area contributed by atoms with Gasteiger partial charge in [-0.15, -0.1) is 0 Å². The first-order chi connectivity index (χ1) is 8.76. The summed E-state index contributed by atoms with van der Waals surface area (Å²) in [6.07, 6.45) is 6.11. The summed E-state index contributed by atoms with van der Waals surface area (Å²) in [5.41, 5.74) is 3.54. The number of aryl methyl sites for hydroxylation is 2. The van der Waals surface area contributed by atoms with Gasteiger partial charge in [0.25, 0.3) is 0 Å². The molecule has 0 aliphatic carbocycles. The van der Waals surface area contributed by atoms with E-state index in [9.17, 15) is 10.5 Å². The summed E-state index contributed by atoms with van der Waals surface area (Å²) in [6.45, 7) is 4.26. The molecule has 0 saturated carbocycles. The lowest BCUT2D eigenvalue weighted by Gasteiger charge is -2.09. The lowest BCUT2D eigenvalue weighted by molar-refractivity contribution is 0.783. The molecule has 0 unspecified atom stereocenters. The van der Waals surface area contributed by atoms with Crippen molar-refractivity contribution in [3.8, 4) is 12.1 Å². The van der Waals surface area contributed by atoms with Crippen LogP contribution in [0.25, 0.3) is 0 Å². The number of nitrogens with zero attached hydrogens (tertiary/aromatic N) is 2. The van der Waals surface area contributed by atoms with Crippen LogP contribution >= 0.6 is 0 Å². The molecule has 1 rings (SSSR count). The molecule has 1 aromatic carbocycles. The van der Waals surface area contributed by atoms with Gasteiger partial charge >= 0.3 is 0 Å². The number of unbranched alkanes of at least 4 members (excludes halogenated alkanes) is 2. The normalized spacial score (nSPS) is 9.78. The van der Waals surface area contributed by atoms with Crippen molar-refractivity contribution in [2.24, 2.45) is 0 Å². The highest BCUT2D eigenvalue weighted by Crippen LogP contribution is 2.20. The fraction of sp³-hybridized carbons (Fsp3) is 0.500. The Hall–Kier alpha value is -1.80. The molecular weight excluding hydrogens is 220 g/mol. The fourth-order valence-electron chi connectivity index (χ4n) is 2.05. The summed E-state index contributed by atoms with van der Waals surface area (Å²) in [5, 5.41) is 18.4. The Kier molecular flexibility index (Phi) is 5.95. The Morgan fingerprint density at radius 3 is 1.50 bits per heavy atom. The second kappa shape index (κ2) is 7.51. The monoisotopic (exact) mass is 240 g/mol. The van der Waals surface area contributed by atoms with Gasteiger partial charge in [-0.1, -0.05) is 26.7 Å². The standard InChI is InChI=1S/C16H20N2/c1-3-5-7-13-9-16(12-18)14(8-6-4-2)10-15(13)11-17/h9-10H,3-8H2,1-2H3. The van der Waals surface area contributed by atoms with Crippen molar-refractivity contribution >= 4 is 0 Å². The molecule has 0 bridgehead atoms. The molecule has 2 nitrogen and oxygen atoms in total. The Labute approximate surface area is 110 Å². The van der Waals surface area contributed by atoms with E-state index in [2.05, 4.69) is 26.0 Å². The molecule has 0 amide bonds. The summed E-state index contributed by atoms with van der Waals surface area (Å²) in [5.74, 6) is 0. The predicted molar refractivity (Wildman–Crippen MR) is 73.1 cm³/mol. The van der Waals surface area contributed by atoms with Crippen LogP contribution in [0.1, 0.15) is 61.8 Å². The van der Waals surface area contributed by atoms with Gasteiger partial charge in [0.1, 0.15) is 0 Å². The largest absolute Gasteiger partial charge is 0.192 e. The van der Waals surface area contributed by atoms with Crippen LogP contribution in [0.4, 0.5) is 0 Å².